The van der Waals surface area contributed by atoms with Gasteiger partial charge in [0, 0.05) is 42.8 Å². The van der Waals surface area contributed by atoms with Crippen LogP contribution in [0.15, 0.2) is 12.1 Å². The van der Waals surface area contributed by atoms with Gasteiger partial charge in [-0.05, 0) is 24.5 Å². The molecule has 0 radical (unpaired) electrons. The third-order valence-electron chi connectivity index (χ3n) is 3.73. The van der Waals surface area contributed by atoms with Crippen LogP contribution >= 0.6 is 11.6 Å². The summed E-state index contributed by atoms with van der Waals surface area (Å²) < 4.78 is 13.7. The van der Waals surface area contributed by atoms with Crippen molar-refractivity contribution in [3.63, 3.8) is 0 Å². The molecule has 1 saturated heterocycles. The predicted octanol–water partition coefficient (Wildman–Crippen LogP) is 3.18. The Hall–Kier alpha value is -0.840. The van der Waals surface area contributed by atoms with Crippen molar-refractivity contribution in [3.05, 3.63) is 28.5 Å². The smallest absolute Gasteiger partial charge is 0.165 e. The summed E-state index contributed by atoms with van der Waals surface area (Å²) >= 11 is 6.23. The molecule has 1 fully saturated rings. The van der Waals surface area contributed by atoms with Gasteiger partial charge in [0.2, 0.25) is 0 Å². The van der Waals surface area contributed by atoms with Crippen LogP contribution in [0.25, 0.3) is 0 Å². The van der Waals surface area contributed by atoms with Crippen LogP contribution in [0.4, 0.5) is 4.39 Å². The molecule has 0 saturated carbocycles. The lowest BCUT2D eigenvalue weighted by molar-refractivity contribution is 0.151. The van der Waals surface area contributed by atoms with Crippen LogP contribution in [0, 0.1) is 11.7 Å². The second-order valence-corrected chi connectivity index (χ2v) is 6.13. The largest absolute Gasteiger partial charge is 0.505 e. The molecule has 3 nitrogen and oxygen atoms in total. The fraction of sp³-hybridized carbons (Fsp3) is 0.600. The van der Waals surface area contributed by atoms with Crippen molar-refractivity contribution in [1.82, 2.24) is 10.2 Å². The van der Waals surface area contributed by atoms with E-state index in [2.05, 4.69) is 24.1 Å². The van der Waals surface area contributed by atoms with Crippen LogP contribution < -0.4 is 5.32 Å². The Labute approximate surface area is 124 Å². The van der Waals surface area contributed by atoms with Gasteiger partial charge in [-0.15, -0.1) is 0 Å². The Morgan fingerprint density at radius 3 is 2.60 bits per heavy atom. The molecule has 0 spiro atoms. The van der Waals surface area contributed by atoms with E-state index in [9.17, 15) is 9.50 Å². The number of hydrogen-bond donors (Lipinski definition) is 2. The number of aromatic hydroxyl groups is 1. The number of piperazine rings is 1. The lowest BCUT2D eigenvalue weighted by atomic mass is 9.94. The van der Waals surface area contributed by atoms with Gasteiger partial charge in [-0.2, -0.15) is 0 Å². The monoisotopic (exact) mass is 300 g/mol. The van der Waals surface area contributed by atoms with E-state index in [0.29, 0.717) is 16.5 Å². The zero-order chi connectivity index (χ0) is 14.7. The zero-order valence-electron chi connectivity index (χ0n) is 12.0. The van der Waals surface area contributed by atoms with Gasteiger partial charge in [0.25, 0.3) is 0 Å². The molecule has 1 aromatic rings. The number of hydrogen-bond acceptors (Lipinski definition) is 3. The van der Waals surface area contributed by atoms with Gasteiger partial charge in [0.15, 0.2) is 11.6 Å². The highest BCUT2D eigenvalue weighted by atomic mass is 35.5. The van der Waals surface area contributed by atoms with Crippen molar-refractivity contribution in [2.75, 3.05) is 26.2 Å². The first-order valence-corrected chi connectivity index (χ1v) is 7.50. The van der Waals surface area contributed by atoms with E-state index < -0.39 is 5.82 Å². The highest BCUT2D eigenvalue weighted by Gasteiger charge is 2.28. The highest BCUT2D eigenvalue weighted by Crippen LogP contribution is 2.39. The summed E-state index contributed by atoms with van der Waals surface area (Å²) in [5.41, 5.74) is 0.530. The Morgan fingerprint density at radius 1 is 1.35 bits per heavy atom. The van der Waals surface area contributed by atoms with Crippen molar-refractivity contribution in [2.45, 2.75) is 26.3 Å². The first-order chi connectivity index (χ1) is 9.50. The summed E-state index contributed by atoms with van der Waals surface area (Å²) in [6, 6.07) is 2.70. The minimum Gasteiger partial charge on any atom is -0.505 e. The van der Waals surface area contributed by atoms with Gasteiger partial charge < -0.3 is 10.4 Å². The molecule has 112 valence electrons. The lowest BCUT2D eigenvalue weighted by Gasteiger charge is -2.36. The quantitative estimate of drug-likeness (QED) is 0.896. The van der Waals surface area contributed by atoms with Gasteiger partial charge >= 0.3 is 0 Å². The average Bonchev–Trinajstić information content (AvgIpc) is 2.43. The standard InChI is InChI=1S/C15H22ClFN2O/c1-10(2)9-13(19-7-5-18-6-8-19)14-11(16)3-4-12(17)15(14)20/h3-4,10,13,18,20H,5-9H2,1-2H3/t13-/m1/s1. The molecule has 0 amide bonds. The van der Waals surface area contributed by atoms with Crippen LogP contribution in [0.3, 0.4) is 0 Å². The minimum atomic E-state index is -0.603. The summed E-state index contributed by atoms with van der Waals surface area (Å²) in [5.74, 6) is -0.469. The second-order valence-electron chi connectivity index (χ2n) is 5.72. The number of phenols is 1. The number of nitrogens with one attached hydrogen (secondary N) is 1. The number of rotatable bonds is 4. The number of benzene rings is 1. The summed E-state index contributed by atoms with van der Waals surface area (Å²) in [7, 11) is 0. The van der Waals surface area contributed by atoms with E-state index in [1.54, 1.807) is 0 Å². The highest BCUT2D eigenvalue weighted by molar-refractivity contribution is 6.31. The normalized spacial score (nSPS) is 18.4. The van der Waals surface area contributed by atoms with E-state index in [4.69, 9.17) is 11.6 Å². The topological polar surface area (TPSA) is 35.5 Å². The van der Waals surface area contributed by atoms with Crippen LogP contribution in [-0.2, 0) is 0 Å². The van der Waals surface area contributed by atoms with E-state index in [0.717, 1.165) is 32.6 Å². The maximum Gasteiger partial charge on any atom is 0.165 e. The van der Waals surface area contributed by atoms with Crippen LogP contribution in [-0.4, -0.2) is 36.2 Å². The maximum absolute atomic E-state index is 13.7. The molecule has 2 N–H and O–H groups in total. The van der Waals surface area contributed by atoms with Crippen molar-refractivity contribution in [2.24, 2.45) is 5.92 Å². The van der Waals surface area contributed by atoms with Crippen LogP contribution in [0.2, 0.25) is 5.02 Å². The fourth-order valence-electron chi connectivity index (χ4n) is 2.76. The number of phenolic OH excluding ortho intramolecular Hbond substituents is 1. The summed E-state index contributed by atoms with van der Waals surface area (Å²) in [5, 5.41) is 13.8. The van der Waals surface area contributed by atoms with E-state index >= 15 is 0 Å². The van der Waals surface area contributed by atoms with Crippen molar-refractivity contribution in [1.29, 1.82) is 0 Å². The van der Waals surface area contributed by atoms with Gasteiger partial charge in [-0.1, -0.05) is 25.4 Å². The number of nitrogens with zero attached hydrogens (tertiary/aromatic N) is 1. The molecule has 1 atom stereocenters. The molecule has 20 heavy (non-hydrogen) atoms. The molecule has 0 bridgehead atoms. The molecule has 0 unspecified atom stereocenters. The molecule has 5 heteroatoms. The maximum atomic E-state index is 13.7. The summed E-state index contributed by atoms with van der Waals surface area (Å²) in [6.45, 7) is 7.82. The van der Waals surface area contributed by atoms with Crippen LogP contribution in [0.5, 0.6) is 5.75 Å². The minimum absolute atomic E-state index is 0.0414. The van der Waals surface area contributed by atoms with E-state index in [-0.39, 0.29) is 11.8 Å². The van der Waals surface area contributed by atoms with Crippen LogP contribution in [0.1, 0.15) is 31.9 Å². The molecular weight excluding hydrogens is 279 g/mol. The Morgan fingerprint density at radius 2 is 2.00 bits per heavy atom. The van der Waals surface area contributed by atoms with Crippen molar-refractivity contribution >= 4 is 11.6 Å². The molecule has 0 aromatic heterocycles. The third-order valence-corrected chi connectivity index (χ3v) is 4.06. The molecule has 1 aliphatic rings. The SMILES string of the molecule is CC(C)C[C@H](c1c(Cl)ccc(F)c1O)N1CCNCC1. The van der Waals surface area contributed by atoms with Crippen molar-refractivity contribution in [3.8, 4) is 5.75 Å². The zero-order valence-corrected chi connectivity index (χ0v) is 12.8. The predicted molar refractivity (Wildman–Crippen MR) is 79.7 cm³/mol. The third kappa shape index (κ3) is 3.43. The van der Waals surface area contributed by atoms with E-state index in [1.807, 2.05) is 0 Å². The number of halogens is 2. The average molecular weight is 301 g/mol. The molecule has 2 rings (SSSR count). The Balaban J connectivity index is 2.37. The van der Waals surface area contributed by atoms with Gasteiger partial charge in [0.05, 0.1) is 0 Å². The lowest BCUT2D eigenvalue weighted by Crippen LogP contribution is -2.45. The van der Waals surface area contributed by atoms with Gasteiger partial charge in [-0.3, -0.25) is 4.90 Å². The Kier molecular flexibility index (Phi) is 5.24. The summed E-state index contributed by atoms with van der Waals surface area (Å²) in [4.78, 5) is 2.27. The van der Waals surface area contributed by atoms with Gasteiger partial charge in [0.1, 0.15) is 0 Å². The molecule has 0 aliphatic carbocycles. The summed E-state index contributed by atoms with van der Waals surface area (Å²) in [6.07, 6.45) is 0.844. The van der Waals surface area contributed by atoms with Gasteiger partial charge in [-0.25, -0.2) is 4.39 Å². The molecule has 1 aromatic carbocycles. The molecule has 1 heterocycles. The first-order valence-electron chi connectivity index (χ1n) is 7.12. The van der Waals surface area contributed by atoms with Crippen molar-refractivity contribution < 1.29 is 9.50 Å². The fourth-order valence-corrected chi connectivity index (χ4v) is 3.04. The molecule has 1 aliphatic heterocycles. The van der Waals surface area contributed by atoms with E-state index in [1.165, 1.54) is 12.1 Å². The second kappa shape index (κ2) is 6.74. The molecular formula is C15H22ClFN2O. The first kappa shape index (κ1) is 15.5. The Bertz CT molecular complexity index is 461.